The molecular weight excluding hydrogens is 376 g/mol. The molecule has 0 unspecified atom stereocenters. The first-order valence-electron chi connectivity index (χ1n) is 10.9. The lowest BCUT2D eigenvalue weighted by molar-refractivity contribution is -0.121. The minimum atomic E-state index is 0.0831. The van der Waals surface area contributed by atoms with Crippen molar-refractivity contribution in [2.75, 3.05) is 44.7 Å². The number of benzene rings is 1. The minimum absolute atomic E-state index is 0.0831. The number of unbranched alkanes of at least 4 members (excludes halogenated alkanes) is 1. The van der Waals surface area contributed by atoms with Gasteiger partial charge in [0.1, 0.15) is 11.6 Å². The molecule has 0 saturated carbocycles. The lowest BCUT2D eigenvalue weighted by Crippen LogP contribution is -2.44. The molecule has 1 aromatic carbocycles. The summed E-state index contributed by atoms with van der Waals surface area (Å²) in [4.78, 5) is 21.3. The lowest BCUT2D eigenvalue weighted by Gasteiger charge is -2.33. The number of anilines is 1. The van der Waals surface area contributed by atoms with Crippen LogP contribution in [0, 0.1) is 13.8 Å². The summed E-state index contributed by atoms with van der Waals surface area (Å²) >= 11 is 0. The Labute approximate surface area is 180 Å². The molecule has 6 heteroatoms. The fourth-order valence-electron chi connectivity index (χ4n) is 3.50. The van der Waals surface area contributed by atoms with Crippen molar-refractivity contribution in [2.24, 2.45) is 0 Å². The van der Waals surface area contributed by atoms with Crippen molar-refractivity contribution in [3.63, 3.8) is 0 Å². The van der Waals surface area contributed by atoms with Crippen LogP contribution < -0.4 is 15.0 Å². The number of rotatable bonds is 9. The summed E-state index contributed by atoms with van der Waals surface area (Å²) in [5.74, 6) is 2.02. The van der Waals surface area contributed by atoms with Crippen LogP contribution in [0.25, 0.3) is 0 Å². The van der Waals surface area contributed by atoms with Crippen LogP contribution in [0.5, 0.6) is 5.75 Å². The number of hydrogen-bond donors (Lipinski definition) is 1. The third-order valence-electron chi connectivity index (χ3n) is 5.53. The van der Waals surface area contributed by atoms with E-state index >= 15 is 0 Å². The van der Waals surface area contributed by atoms with E-state index in [0.29, 0.717) is 19.6 Å². The number of nitrogens with zero attached hydrogens (tertiary/aromatic N) is 3. The molecule has 2 heterocycles. The van der Waals surface area contributed by atoms with Crippen molar-refractivity contribution in [1.82, 2.24) is 15.2 Å². The van der Waals surface area contributed by atoms with Crippen LogP contribution in [-0.4, -0.2) is 55.6 Å². The van der Waals surface area contributed by atoms with E-state index in [1.165, 1.54) is 5.56 Å². The first kappa shape index (κ1) is 22.1. The average molecular weight is 411 g/mol. The summed E-state index contributed by atoms with van der Waals surface area (Å²) in [6, 6.07) is 10.3. The molecule has 1 saturated heterocycles. The van der Waals surface area contributed by atoms with E-state index in [1.807, 2.05) is 12.3 Å². The van der Waals surface area contributed by atoms with Crippen LogP contribution >= 0.6 is 0 Å². The standard InChI is InChI=1S/C24H34N4O2/c1-19-7-8-20(2)22(16-19)30-15-5-4-6-24(29)26-18-21-9-10-25-23(17-21)28-13-11-27(3)12-14-28/h7-10,16-17H,4-6,11-15,18H2,1-3H3,(H,26,29). The van der Waals surface area contributed by atoms with Crippen LogP contribution in [0.4, 0.5) is 5.82 Å². The zero-order chi connectivity index (χ0) is 21.3. The zero-order valence-corrected chi connectivity index (χ0v) is 18.5. The van der Waals surface area contributed by atoms with Gasteiger partial charge in [-0.05, 0) is 68.6 Å². The van der Waals surface area contributed by atoms with Gasteiger partial charge in [0.05, 0.1) is 6.61 Å². The topological polar surface area (TPSA) is 57.7 Å². The molecule has 0 bridgehead atoms. The summed E-state index contributed by atoms with van der Waals surface area (Å²) in [6.45, 7) is 9.37. The molecule has 1 amide bonds. The van der Waals surface area contributed by atoms with Crippen LogP contribution in [0.15, 0.2) is 36.5 Å². The zero-order valence-electron chi connectivity index (χ0n) is 18.5. The van der Waals surface area contributed by atoms with E-state index in [9.17, 15) is 4.79 Å². The SMILES string of the molecule is Cc1ccc(C)c(OCCCCC(=O)NCc2ccnc(N3CCN(C)CC3)c2)c1. The fraction of sp³-hybridized carbons (Fsp3) is 0.500. The number of aryl methyl sites for hydroxylation is 2. The number of carbonyl (C=O) groups excluding carboxylic acids is 1. The molecule has 3 rings (SSSR count). The Kier molecular flexibility index (Phi) is 8.08. The molecule has 0 aliphatic carbocycles. The van der Waals surface area contributed by atoms with Gasteiger partial charge in [-0.2, -0.15) is 0 Å². The van der Waals surface area contributed by atoms with Crippen LogP contribution in [-0.2, 0) is 11.3 Å². The number of aromatic nitrogens is 1. The maximum atomic E-state index is 12.2. The van der Waals surface area contributed by atoms with Crippen molar-refractivity contribution < 1.29 is 9.53 Å². The average Bonchev–Trinajstić information content (AvgIpc) is 2.75. The van der Waals surface area contributed by atoms with Crippen molar-refractivity contribution in [3.8, 4) is 5.75 Å². The second-order valence-electron chi connectivity index (χ2n) is 8.16. The Hall–Kier alpha value is -2.60. The van der Waals surface area contributed by atoms with E-state index in [1.54, 1.807) is 0 Å². The molecule has 1 aliphatic heterocycles. The number of pyridine rings is 1. The number of carbonyl (C=O) groups is 1. The maximum Gasteiger partial charge on any atom is 0.220 e. The van der Waals surface area contributed by atoms with Gasteiger partial charge in [-0.15, -0.1) is 0 Å². The number of hydrogen-bond acceptors (Lipinski definition) is 5. The van der Waals surface area contributed by atoms with E-state index in [0.717, 1.165) is 61.7 Å². The number of nitrogens with one attached hydrogen (secondary N) is 1. The Balaban J connectivity index is 1.34. The second-order valence-corrected chi connectivity index (χ2v) is 8.16. The van der Waals surface area contributed by atoms with Gasteiger partial charge in [0, 0.05) is 45.3 Å². The molecule has 162 valence electrons. The molecule has 0 spiro atoms. The third-order valence-corrected chi connectivity index (χ3v) is 5.53. The van der Waals surface area contributed by atoms with Crippen LogP contribution in [0.3, 0.4) is 0 Å². The fourth-order valence-corrected chi connectivity index (χ4v) is 3.50. The summed E-state index contributed by atoms with van der Waals surface area (Å²) in [5, 5.41) is 3.03. The molecule has 6 nitrogen and oxygen atoms in total. The van der Waals surface area contributed by atoms with Crippen molar-refractivity contribution in [2.45, 2.75) is 39.7 Å². The molecule has 0 radical (unpaired) electrons. The molecule has 0 atom stereocenters. The Morgan fingerprint density at radius 3 is 2.70 bits per heavy atom. The monoisotopic (exact) mass is 410 g/mol. The van der Waals surface area contributed by atoms with Gasteiger partial charge in [0.15, 0.2) is 0 Å². The van der Waals surface area contributed by atoms with Crippen molar-refractivity contribution >= 4 is 11.7 Å². The van der Waals surface area contributed by atoms with Crippen LogP contribution in [0.2, 0.25) is 0 Å². The van der Waals surface area contributed by atoms with Gasteiger partial charge in [-0.3, -0.25) is 4.79 Å². The molecule has 2 aromatic rings. The Morgan fingerprint density at radius 2 is 1.90 bits per heavy atom. The number of piperazine rings is 1. The molecule has 1 fully saturated rings. The summed E-state index contributed by atoms with van der Waals surface area (Å²) < 4.78 is 5.86. The lowest BCUT2D eigenvalue weighted by atomic mass is 10.1. The maximum absolute atomic E-state index is 12.2. The summed E-state index contributed by atoms with van der Waals surface area (Å²) in [6.07, 6.45) is 4.04. The highest BCUT2D eigenvalue weighted by atomic mass is 16.5. The first-order valence-corrected chi connectivity index (χ1v) is 10.9. The predicted molar refractivity (Wildman–Crippen MR) is 121 cm³/mol. The number of likely N-dealkylation sites (N-methyl/N-ethyl adjacent to an activating group) is 1. The van der Waals surface area contributed by atoms with Gasteiger partial charge in [-0.1, -0.05) is 12.1 Å². The van der Waals surface area contributed by atoms with Crippen LogP contribution in [0.1, 0.15) is 36.0 Å². The molecule has 1 aliphatic rings. The first-order chi connectivity index (χ1) is 14.5. The molecular formula is C24H34N4O2. The third kappa shape index (κ3) is 6.73. The van der Waals surface area contributed by atoms with E-state index in [4.69, 9.17) is 4.74 Å². The largest absolute Gasteiger partial charge is 0.493 e. The van der Waals surface area contributed by atoms with Crippen molar-refractivity contribution in [3.05, 3.63) is 53.2 Å². The highest BCUT2D eigenvalue weighted by molar-refractivity contribution is 5.75. The smallest absolute Gasteiger partial charge is 0.220 e. The molecule has 1 aromatic heterocycles. The second kappa shape index (κ2) is 11.0. The van der Waals surface area contributed by atoms with Gasteiger partial charge < -0.3 is 19.9 Å². The summed E-state index contributed by atoms with van der Waals surface area (Å²) in [5.41, 5.74) is 3.43. The predicted octanol–water partition coefficient (Wildman–Crippen LogP) is 3.32. The number of ether oxygens (including phenoxy) is 1. The number of amides is 1. The Bertz CT molecular complexity index is 832. The van der Waals surface area contributed by atoms with Crippen molar-refractivity contribution in [1.29, 1.82) is 0 Å². The van der Waals surface area contributed by atoms with E-state index in [2.05, 4.69) is 65.3 Å². The highest BCUT2D eigenvalue weighted by Gasteiger charge is 2.15. The minimum Gasteiger partial charge on any atom is -0.493 e. The molecule has 30 heavy (non-hydrogen) atoms. The van der Waals surface area contributed by atoms with Gasteiger partial charge in [0.2, 0.25) is 5.91 Å². The Morgan fingerprint density at radius 1 is 1.10 bits per heavy atom. The summed E-state index contributed by atoms with van der Waals surface area (Å²) in [7, 11) is 2.15. The van der Waals surface area contributed by atoms with E-state index < -0.39 is 0 Å². The quantitative estimate of drug-likeness (QED) is 0.643. The van der Waals surface area contributed by atoms with Gasteiger partial charge in [-0.25, -0.2) is 4.98 Å². The molecule has 1 N–H and O–H groups in total. The van der Waals surface area contributed by atoms with Gasteiger partial charge >= 0.3 is 0 Å². The highest BCUT2D eigenvalue weighted by Crippen LogP contribution is 2.19. The normalized spacial score (nSPS) is 14.6. The van der Waals surface area contributed by atoms with Gasteiger partial charge in [0.25, 0.3) is 0 Å². The van der Waals surface area contributed by atoms with E-state index in [-0.39, 0.29) is 5.91 Å².